The van der Waals surface area contributed by atoms with Crippen molar-refractivity contribution in [3.8, 4) is 0 Å². The minimum absolute atomic E-state index is 0.676. The number of ether oxygens (including phenoxy) is 2. The standard InChI is InChI=1S/2C5H12O.2CH2O3/c2*1-5(2)4-6-3;2*2-1(3)4/h2*5H,4H2,1-3H3;2*(H2,2,3,4). The molecule has 0 fully saturated rings. The summed E-state index contributed by atoms with van der Waals surface area (Å²) in [6.07, 6.45) is -3.67. The molecule has 0 aromatic heterocycles. The molecule has 0 bridgehead atoms. The number of hydrogen-bond acceptors (Lipinski definition) is 4. The van der Waals surface area contributed by atoms with Crippen LogP contribution >= 0.6 is 0 Å². The van der Waals surface area contributed by atoms with E-state index < -0.39 is 12.3 Å². The molecule has 0 aliphatic rings. The first-order valence-electron chi connectivity index (χ1n) is 5.82. The van der Waals surface area contributed by atoms with Gasteiger partial charge >= 0.3 is 12.3 Å². The fourth-order valence-corrected chi connectivity index (χ4v) is 0.667. The van der Waals surface area contributed by atoms with Gasteiger partial charge in [0.05, 0.1) is 0 Å². The lowest BCUT2D eigenvalue weighted by atomic mass is 10.2. The van der Waals surface area contributed by atoms with Crippen LogP contribution in [0.25, 0.3) is 0 Å². The predicted molar refractivity (Wildman–Crippen MR) is 74.7 cm³/mol. The molecule has 0 amide bonds. The highest BCUT2D eigenvalue weighted by Gasteiger charge is 1.86. The van der Waals surface area contributed by atoms with Crippen molar-refractivity contribution in [2.24, 2.45) is 11.8 Å². The van der Waals surface area contributed by atoms with Gasteiger partial charge in [0.15, 0.2) is 0 Å². The van der Waals surface area contributed by atoms with Crippen LogP contribution in [0.4, 0.5) is 9.59 Å². The van der Waals surface area contributed by atoms with Gasteiger partial charge in [-0.15, -0.1) is 0 Å². The van der Waals surface area contributed by atoms with Crippen LogP contribution in [0.1, 0.15) is 27.7 Å². The fourth-order valence-electron chi connectivity index (χ4n) is 0.667. The molecule has 0 radical (unpaired) electrons. The van der Waals surface area contributed by atoms with Gasteiger partial charge in [0.1, 0.15) is 0 Å². The third-order valence-corrected chi connectivity index (χ3v) is 1.00. The quantitative estimate of drug-likeness (QED) is 0.622. The molecular weight excluding hydrogens is 272 g/mol. The second-order valence-corrected chi connectivity index (χ2v) is 4.26. The first-order valence-corrected chi connectivity index (χ1v) is 5.82. The van der Waals surface area contributed by atoms with E-state index in [4.69, 9.17) is 39.5 Å². The van der Waals surface area contributed by atoms with Crippen molar-refractivity contribution >= 4 is 12.3 Å². The minimum Gasteiger partial charge on any atom is -0.450 e. The van der Waals surface area contributed by atoms with Crippen molar-refractivity contribution in [2.75, 3.05) is 27.4 Å². The molecule has 0 heterocycles. The number of rotatable bonds is 4. The van der Waals surface area contributed by atoms with Gasteiger partial charge in [-0.25, -0.2) is 9.59 Å². The topological polar surface area (TPSA) is 134 Å². The number of hydrogen-bond donors (Lipinski definition) is 4. The normalized spacial score (nSPS) is 8.40. The SMILES string of the molecule is COCC(C)C.COCC(C)C.O=C(O)O.O=C(O)O. The van der Waals surface area contributed by atoms with Gasteiger partial charge in [0, 0.05) is 27.4 Å². The summed E-state index contributed by atoms with van der Waals surface area (Å²) >= 11 is 0. The molecule has 0 aliphatic carbocycles. The third-order valence-electron chi connectivity index (χ3n) is 1.00. The van der Waals surface area contributed by atoms with E-state index in [1.165, 1.54) is 0 Å². The van der Waals surface area contributed by atoms with Gasteiger partial charge in [0.25, 0.3) is 0 Å². The van der Waals surface area contributed by atoms with Gasteiger partial charge in [0.2, 0.25) is 0 Å². The highest BCUT2D eigenvalue weighted by molar-refractivity contribution is 5.53. The maximum Gasteiger partial charge on any atom is 0.503 e. The Kier molecular flexibility index (Phi) is 30.4. The summed E-state index contributed by atoms with van der Waals surface area (Å²) < 4.78 is 9.61. The van der Waals surface area contributed by atoms with Crippen LogP contribution in [-0.4, -0.2) is 60.2 Å². The summed E-state index contributed by atoms with van der Waals surface area (Å²) in [5.74, 6) is 1.35. The zero-order valence-corrected chi connectivity index (χ0v) is 13.0. The molecular formula is C12H28O8. The Bertz CT molecular complexity index is 174. The van der Waals surface area contributed by atoms with E-state index in [2.05, 4.69) is 27.7 Å². The van der Waals surface area contributed by atoms with Crippen molar-refractivity contribution in [3.63, 3.8) is 0 Å². The van der Waals surface area contributed by atoms with Crippen molar-refractivity contribution < 1.29 is 39.5 Å². The van der Waals surface area contributed by atoms with Gasteiger partial charge in [-0.1, -0.05) is 27.7 Å². The molecule has 124 valence electrons. The van der Waals surface area contributed by atoms with Crippen LogP contribution in [0.3, 0.4) is 0 Å². The summed E-state index contributed by atoms with van der Waals surface area (Å²) in [5.41, 5.74) is 0. The molecule has 0 saturated heterocycles. The zero-order chi connectivity index (χ0) is 17.1. The lowest BCUT2D eigenvalue weighted by Crippen LogP contribution is -1.96. The van der Waals surface area contributed by atoms with Crippen LogP contribution in [0.15, 0.2) is 0 Å². The van der Waals surface area contributed by atoms with Crippen molar-refractivity contribution in [1.82, 2.24) is 0 Å². The van der Waals surface area contributed by atoms with Crippen molar-refractivity contribution in [3.05, 3.63) is 0 Å². The second-order valence-electron chi connectivity index (χ2n) is 4.26. The molecule has 0 rings (SSSR count). The molecule has 0 aromatic rings. The van der Waals surface area contributed by atoms with E-state index in [1.807, 2.05) is 0 Å². The Labute approximate surface area is 119 Å². The Morgan fingerprint density at radius 1 is 0.750 bits per heavy atom. The minimum atomic E-state index is -1.83. The van der Waals surface area contributed by atoms with Crippen molar-refractivity contribution in [2.45, 2.75) is 27.7 Å². The molecule has 0 aromatic carbocycles. The number of carboxylic acid groups (broad SMARTS) is 4. The summed E-state index contributed by atoms with van der Waals surface area (Å²) in [7, 11) is 3.44. The Morgan fingerprint density at radius 2 is 0.900 bits per heavy atom. The molecule has 20 heavy (non-hydrogen) atoms. The Hall–Kier alpha value is -1.54. The van der Waals surface area contributed by atoms with Gasteiger partial charge in [-0.05, 0) is 11.8 Å². The van der Waals surface area contributed by atoms with E-state index in [9.17, 15) is 0 Å². The first kappa shape index (κ1) is 26.9. The van der Waals surface area contributed by atoms with Crippen LogP contribution in [-0.2, 0) is 9.47 Å². The molecule has 0 atom stereocenters. The summed E-state index contributed by atoms with van der Waals surface area (Å²) in [5, 5.41) is 27.9. The van der Waals surface area contributed by atoms with Gasteiger partial charge < -0.3 is 29.9 Å². The predicted octanol–water partition coefficient (Wildman–Crippen LogP) is 3.02. The molecule has 0 spiro atoms. The smallest absolute Gasteiger partial charge is 0.450 e. The van der Waals surface area contributed by atoms with Crippen LogP contribution in [0.2, 0.25) is 0 Å². The van der Waals surface area contributed by atoms with Crippen LogP contribution in [0.5, 0.6) is 0 Å². The largest absolute Gasteiger partial charge is 0.503 e. The monoisotopic (exact) mass is 300 g/mol. The zero-order valence-electron chi connectivity index (χ0n) is 13.0. The van der Waals surface area contributed by atoms with Gasteiger partial charge in [-0.3, -0.25) is 0 Å². The maximum absolute atomic E-state index is 8.56. The molecule has 0 aliphatic heterocycles. The fraction of sp³-hybridized carbons (Fsp3) is 0.833. The molecule has 8 nitrogen and oxygen atoms in total. The second kappa shape index (κ2) is 22.6. The summed E-state index contributed by atoms with van der Waals surface area (Å²) in [6, 6.07) is 0. The molecule has 0 saturated carbocycles. The highest BCUT2D eigenvalue weighted by Crippen LogP contribution is 1.88. The Balaban J connectivity index is -0.0000000871. The number of methoxy groups -OCH3 is 2. The average Bonchev–Trinajstić information content (AvgIpc) is 2.15. The maximum atomic E-state index is 8.56. The molecule has 0 unspecified atom stereocenters. The summed E-state index contributed by atoms with van der Waals surface area (Å²) in [4.78, 5) is 17.1. The lowest BCUT2D eigenvalue weighted by molar-refractivity contribution is 0.135. The average molecular weight is 300 g/mol. The lowest BCUT2D eigenvalue weighted by Gasteiger charge is -1.97. The van der Waals surface area contributed by atoms with E-state index >= 15 is 0 Å². The molecule has 8 heteroatoms. The highest BCUT2D eigenvalue weighted by atomic mass is 16.6. The third kappa shape index (κ3) is 198. The Morgan fingerprint density at radius 3 is 0.900 bits per heavy atom. The first-order chi connectivity index (χ1) is 9.00. The number of carbonyl (C=O) groups is 2. The van der Waals surface area contributed by atoms with E-state index in [1.54, 1.807) is 14.2 Å². The van der Waals surface area contributed by atoms with E-state index in [0.717, 1.165) is 13.2 Å². The summed E-state index contributed by atoms with van der Waals surface area (Å²) in [6.45, 7) is 10.3. The van der Waals surface area contributed by atoms with Crippen LogP contribution in [0, 0.1) is 11.8 Å². The van der Waals surface area contributed by atoms with Crippen molar-refractivity contribution in [1.29, 1.82) is 0 Å². The van der Waals surface area contributed by atoms with E-state index in [0.29, 0.717) is 11.8 Å². The molecule has 4 N–H and O–H groups in total. The van der Waals surface area contributed by atoms with Crippen LogP contribution < -0.4 is 0 Å². The van der Waals surface area contributed by atoms with E-state index in [-0.39, 0.29) is 0 Å². The van der Waals surface area contributed by atoms with Gasteiger partial charge in [-0.2, -0.15) is 0 Å².